The molecule has 8 heteroatoms. The molecular formula is C13H16ClN3O2S2. The lowest BCUT2D eigenvalue weighted by molar-refractivity contribution is 0.329. The minimum atomic E-state index is -3.26. The number of rotatable bonds is 6. The lowest BCUT2D eigenvalue weighted by Gasteiger charge is -2.14. The molecule has 0 saturated carbocycles. The summed E-state index contributed by atoms with van der Waals surface area (Å²) in [5, 5.41) is 9.06. The average molecular weight is 346 g/mol. The highest BCUT2D eigenvalue weighted by Gasteiger charge is 2.15. The number of nitrogens with zero attached hydrogens (tertiary/aromatic N) is 3. The van der Waals surface area contributed by atoms with Crippen molar-refractivity contribution in [3.63, 3.8) is 0 Å². The minimum Gasteiger partial charge on any atom is -0.299 e. The van der Waals surface area contributed by atoms with Crippen molar-refractivity contribution in [1.29, 1.82) is 0 Å². The Morgan fingerprint density at radius 2 is 1.90 bits per heavy atom. The number of halogens is 1. The van der Waals surface area contributed by atoms with Gasteiger partial charge in [-0.15, -0.1) is 10.2 Å². The smallest absolute Gasteiger partial charge is 0.232 e. The Morgan fingerprint density at radius 1 is 1.24 bits per heavy atom. The lowest BCUT2D eigenvalue weighted by Crippen LogP contribution is -2.20. The maximum absolute atomic E-state index is 11.4. The molecule has 1 aromatic carbocycles. The van der Waals surface area contributed by atoms with Gasteiger partial charge in [0.25, 0.3) is 0 Å². The Bertz CT molecular complexity index is 698. The van der Waals surface area contributed by atoms with Gasteiger partial charge in [-0.1, -0.05) is 35.1 Å². The van der Waals surface area contributed by atoms with Crippen LogP contribution in [0, 0.1) is 0 Å². The molecule has 1 heterocycles. The fourth-order valence-electron chi connectivity index (χ4n) is 1.73. The first-order valence-corrected chi connectivity index (χ1v) is 9.38. The van der Waals surface area contributed by atoms with Crippen LogP contribution < -0.4 is 0 Å². The molecule has 114 valence electrons. The van der Waals surface area contributed by atoms with Crippen molar-refractivity contribution in [2.45, 2.75) is 17.3 Å². The molecule has 0 bridgehead atoms. The van der Waals surface area contributed by atoms with E-state index in [2.05, 4.69) is 15.1 Å². The fourth-order valence-corrected chi connectivity index (χ4v) is 3.59. The molecule has 0 fully saturated rings. The summed E-state index contributed by atoms with van der Waals surface area (Å²) < 4.78 is 22.8. The number of benzene rings is 1. The maximum Gasteiger partial charge on any atom is 0.232 e. The van der Waals surface area contributed by atoms with Crippen molar-refractivity contribution in [2.24, 2.45) is 0 Å². The van der Waals surface area contributed by atoms with Crippen LogP contribution in [0.15, 0.2) is 28.6 Å². The molecular weight excluding hydrogens is 330 g/mol. The quantitative estimate of drug-likeness (QED) is 0.803. The number of likely N-dealkylation sites (N-methyl/N-ethyl adjacent to an activating group) is 1. The van der Waals surface area contributed by atoms with E-state index in [1.165, 1.54) is 5.56 Å². The Balaban J connectivity index is 1.88. The molecule has 21 heavy (non-hydrogen) atoms. The molecule has 0 amide bonds. The van der Waals surface area contributed by atoms with Gasteiger partial charge < -0.3 is 0 Å². The van der Waals surface area contributed by atoms with E-state index >= 15 is 0 Å². The van der Waals surface area contributed by atoms with E-state index in [-0.39, 0.29) is 4.34 Å². The summed E-state index contributed by atoms with van der Waals surface area (Å²) in [6.45, 7) is 1.43. The van der Waals surface area contributed by atoms with E-state index in [1.807, 2.05) is 31.3 Å². The van der Waals surface area contributed by atoms with Crippen LogP contribution in [-0.4, -0.2) is 43.4 Å². The molecule has 0 N–H and O–H groups in total. The molecule has 2 rings (SSSR count). The van der Waals surface area contributed by atoms with Crippen molar-refractivity contribution in [2.75, 3.05) is 19.8 Å². The van der Waals surface area contributed by atoms with Crippen molar-refractivity contribution >= 4 is 32.8 Å². The molecule has 1 aromatic heterocycles. The SMILES string of the molecule is CN(CCc1ccc(Cl)cc1)Cc1nnc(S(C)(=O)=O)s1. The summed E-state index contributed by atoms with van der Waals surface area (Å²) in [6, 6.07) is 7.76. The Hall–Kier alpha value is -1.02. The highest BCUT2D eigenvalue weighted by Crippen LogP contribution is 2.16. The Labute approximate surface area is 133 Å². The third kappa shape index (κ3) is 5.03. The summed E-state index contributed by atoms with van der Waals surface area (Å²) in [5.41, 5.74) is 1.21. The third-order valence-electron chi connectivity index (χ3n) is 2.87. The highest BCUT2D eigenvalue weighted by atomic mass is 35.5. The summed E-state index contributed by atoms with van der Waals surface area (Å²) >= 11 is 6.97. The molecule has 0 atom stereocenters. The number of sulfone groups is 1. The summed E-state index contributed by atoms with van der Waals surface area (Å²) in [6.07, 6.45) is 2.03. The van der Waals surface area contributed by atoms with Crippen LogP contribution in [0.25, 0.3) is 0 Å². The van der Waals surface area contributed by atoms with Crippen LogP contribution >= 0.6 is 22.9 Å². The monoisotopic (exact) mass is 345 g/mol. The molecule has 0 unspecified atom stereocenters. The van der Waals surface area contributed by atoms with E-state index in [0.29, 0.717) is 11.6 Å². The zero-order chi connectivity index (χ0) is 15.5. The second kappa shape index (κ2) is 6.83. The summed E-state index contributed by atoms with van der Waals surface area (Å²) in [7, 11) is -1.29. The normalized spacial score (nSPS) is 12.0. The van der Waals surface area contributed by atoms with E-state index in [4.69, 9.17) is 11.6 Å². The first-order chi connectivity index (χ1) is 9.84. The van der Waals surface area contributed by atoms with Gasteiger partial charge in [-0.25, -0.2) is 8.42 Å². The molecule has 0 spiro atoms. The van der Waals surface area contributed by atoms with Gasteiger partial charge in [-0.05, 0) is 31.2 Å². The maximum atomic E-state index is 11.4. The first-order valence-electron chi connectivity index (χ1n) is 6.30. The van der Waals surface area contributed by atoms with Crippen LogP contribution in [0.3, 0.4) is 0 Å². The van der Waals surface area contributed by atoms with Gasteiger partial charge in [0, 0.05) is 17.8 Å². The van der Waals surface area contributed by atoms with Gasteiger partial charge in [-0.2, -0.15) is 0 Å². The standard InChI is InChI=1S/C13H16ClN3O2S2/c1-17(8-7-10-3-5-11(14)6-4-10)9-12-15-16-13(20-12)21(2,18)19/h3-6H,7-9H2,1-2H3. The van der Waals surface area contributed by atoms with Crippen molar-refractivity contribution in [3.8, 4) is 0 Å². The Kier molecular flexibility index (Phi) is 5.32. The molecule has 0 radical (unpaired) electrons. The lowest BCUT2D eigenvalue weighted by atomic mass is 10.1. The molecule has 0 saturated heterocycles. The fraction of sp³-hybridized carbons (Fsp3) is 0.385. The zero-order valence-electron chi connectivity index (χ0n) is 11.8. The summed E-state index contributed by atoms with van der Waals surface area (Å²) in [4.78, 5) is 2.08. The zero-order valence-corrected chi connectivity index (χ0v) is 14.2. The third-order valence-corrected chi connectivity index (χ3v) is 5.70. The predicted octanol–water partition coefficient (Wildman–Crippen LogP) is 2.27. The van der Waals surface area contributed by atoms with Gasteiger partial charge in [-0.3, -0.25) is 4.90 Å². The van der Waals surface area contributed by atoms with Crippen LogP contribution in [0.4, 0.5) is 0 Å². The van der Waals surface area contributed by atoms with E-state index in [0.717, 1.165) is 35.6 Å². The second-order valence-electron chi connectivity index (χ2n) is 4.85. The molecule has 0 aliphatic rings. The number of hydrogen-bond acceptors (Lipinski definition) is 6. The van der Waals surface area contributed by atoms with Gasteiger partial charge in [0.2, 0.25) is 14.2 Å². The van der Waals surface area contributed by atoms with Crippen LogP contribution in [0.1, 0.15) is 10.6 Å². The van der Waals surface area contributed by atoms with Gasteiger partial charge in [0.05, 0.1) is 6.54 Å². The number of aromatic nitrogens is 2. The van der Waals surface area contributed by atoms with Crippen molar-refractivity contribution in [3.05, 3.63) is 39.9 Å². The predicted molar refractivity (Wildman–Crippen MR) is 84.5 cm³/mol. The second-order valence-corrected chi connectivity index (χ2v) is 8.54. The van der Waals surface area contributed by atoms with Crippen LogP contribution in [0.5, 0.6) is 0 Å². The highest BCUT2D eigenvalue weighted by molar-refractivity contribution is 7.92. The van der Waals surface area contributed by atoms with E-state index in [1.54, 1.807) is 0 Å². The Morgan fingerprint density at radius 3 is 2.48 bits per heavy atom. The van der Waals surface area contributed by atoms with Gasteiger partial charge in [0.15, 0.2) is 0 Å². The van der Waals surface area contributed by atoms with E-state index in [9.17, 15) is 8.42 Å². The van der Waals surface area contributed by atoms with Gasteiger partial charge in [0.1, 0.15) is 5.01 Å². The molecule has 0 aliphatic heterocycles. The largest absolute Gasteiger partial charge is 0.299 e. The molecule has 2 aromatic rings. The van der Waals surface area contributed by atoms with Crippen LogP contribution in [0.2, 0.25) is 5.02 Å². The van der Waals surface area contributed by atoms with Crippen molar-refractivity contribution in [1.82, 2.24) is 15.1 Å². The minimum absolute atomic E-state index is 0.0728. The topological polar surface area (TPSA) is 63.2 Å². The molecule has 5 nitrogen and oxygen atoms in total. The average Bonchev–Trinajstić information content (AvgIpc) is 2.86. The summed E-state index contributed by atoms with van der Waals surface area (Å²) in [5.74, 6) is 0. The van der Waals surface area contributed by atoms with Crippen LogP contribution in [-0.2, 0) is 22.8 Å². The van der Waals surface area contributed by atoms with Gasteiger partial charge >= 0.3 is 0 Å². The number of hydrogen-bond donors (Lipinski definition) is 0. The first kappa shape index (κ1) is 16.4. The van der Waals surface area contributed by atoms with E-state index < -0.39 is 9.84 Å². The molecule has 0 aliphatic carbocycles. The van der Waals surface area contributed by atoms with Crippen molar-refractivity contribution < 1.29 is 8.42 Å².